The highest BCUT2D eigenvalue weighted by molar-refractivity contribution is 7.98. The maximum Gasteiger partial charge on any atom is 0.215 e. The lowest BCUT2D eigenvalue weighted by molar-refractivity contribution is 0.502. The molecule has 0 amide bonds. The summed E-state index contributed by atoms with van der Waals surface area (Å²) in [6, 6.07) is 0.266. The van der Waals surface area contributed by atoms with E-state index in [-0.39, 0.29) is 6.04 Å². The molecular weight excluding hydrogens is 138 g/mol. The van der Waals surface area contributed by atoms with Gasteiger partial charge in [-0.15, -0.1) is 0 Å². The molecule has 0 spiro atoms. The van der Waals surface area contributed by atoms with Crippen molar-refractivity contribution in [1.82, 2.24) is 5.32 Å². The summed E-state index contributed by atoms with van der Waals surface area (Å²) in [4.78, 5) is 0. The second-order valence-corrected chi connectivity index (χ2v) is 4.70. The van der Waals surface area contributed by atoms with Crippen LogP contribution >= 0.6 is 0 Å². The number of nitrogens with one attached hydrogen (secondary N) is 1. The van der Waals surface area contributed by atoms with Crippen molar-refractivity contribution in [1.29, 1.82) is 0 Å². The van der Waals surface area contributed by atoms with Gasteiger partial charge in [0.2, 0.25) is 10.2 Å². The van der Waals surface area contributed by atoms with E-state index in [2.05, 4.69) is 5.32 Å². The van der Waals surface area contributed by atoms with E-state index >= 15 is 0 Å². The lowest BCUT2D eigenvalue weighted by atomic mass is 10.3. The number of hydrogen-bond donors (Lipinski definition) is 2. The van der Waals surface area contributed by atoms with Crippen LogP contribution in [0.2, 0.25) is 0 Å². The molecule has 2 unspecified atom stereocenters. The van der Waals surface area contributed by atoms with E-state index in [4.69, 9.17) is 4.55 Å². The molecule has 1 saturated heterocycles. The summed E-state index contributed by atoms with van der Waals surface area (Å²) in [7, 11) is -0.595. The van der Waals surface area contributed by atoms with Crippen molar-refractivity contribution >= 4 is 10.2 Å². The van der Waals surface area contributed by atoms with Gasteiger partial charge in [-0.3, -0.25) is 0 Å². The standard InChI is InChI=1S/C5H11NO2S/c1-6-5-2-3-9(7,8)4-5/h5-6H,2-4H2,1H3/p+1. The Morgan fingerprint density at radius 2 is 2.44 bits per heavy atom. The first-order valence-electron chi connectivity index (χ1n) is 3.03. The van der Waals surface area contributed by atoms with Gasteiger partial charge in [0.15, 0.2) is 5.75 Å². The molecule has 3 nitrogen and oxygen atoms in total. The molecule has 0 bridgehead atoms. The molecule has 0 aliphatic carbocycles. The molecular formula is C5H12NO2S+. The Balaban J connectivity index is 2.47. The highest BCUT2D eigenvalue weighted by Gasteiger charge is 2.37. The van der Waals surface area contributed by atoms with E-state index < -0.39 is 10.2 Å². The lowest BCUT2D eigenvalue weighted by Crippen LogP contribution is -2.27. The van der Waals surface area contributed by atoms with E-state index in [1.54, 1.807) is 0 Å². The smallest absolute Gasteiger partial charge is 0.215 e. The molecule has 0 radical (unpaired) electrons. The third-order valence-electron chi connectivity index (χ3n) is 1.66. The third-order valence-corrected chi connectivity index (χ3v) is 3.45. The molecule has 1 rings (SSSR count). The SMILES string of the molecule is CNC1CC[S+](=O)(O)C1. The van der Waals surface area contributed by atoms with Gasteiger partial charge in [-0.2, -0.15) is 4.55 Å². The summed E-state index contributed by atoms with van der Waals surface area (Å²) in [5, 5.41) is 2.98. The maximum absolute atomic E-state index is 10.9. The zero-order valence-electron chi connectivity index (χ0n) is 5.46. The van der Waals surface area contributed by atoms with Crippen molar-refractivity contribution in [2.24, 2.45) is 0 Å². The Morgan fingerprint density at radius 3 is 2.67 bits per heavy atom. The first-order chi connectivity index (χ1) is 4.14. The molecule has 0 aromatic carbocycles. The lowest BCUT2D eigenvalue weighted by Gasteiger charge is -1.99. The predicted octanol–water partition coefficient (Wildman–Crippen LogP) is -0.0494. The topological polar surface area (TPSA) is 49.3 Å². The Hall–Kier alpha value is 0.0700. The Labute approximate surface area is 56.1 Å². The van der Waals surface area contributed by atoms with Crippen LogP contribution in [0.15, 0.2) is 0 Å². The first-order valence-corrected chi connectivity index (χ1v) is 4.88. The Kier molecular flexibility index (Phi) is 1.88. The van der Waals surface area contributed by atoms with Gasteiger partial charge in [0, 0.05) is 6.42 Å². The quantitative estimate of drug-likeness (QED) is 0.515. The van der Waals surface area contributed by atoms with Gasteiger partial charge in [-0.25, -0.2) is 0 Å². The van der Waals surface area contributed by atoms with Gasteiger partial charge < -0.3 is 5.32 Å². The highest BCUT2D eigenvalue weighted by Crippen LogP contribution is 2.15. The summed E-state index contributed by atoms with van der Waals surface area (Å²) < 4.78 is 19.9. The van der Waals surface area contributed by atoms with Crippen molar-refractivity contribution in [2.75, 3.05) is 18.6 Å². The second-order valence-electron chi connectivity index (χ2n) is 2.42. The first kappa shape index (κ1) is 7.18. The zero-order chi connectivity index (χ0) is 6.91. The van der Waals surface area contributed by atoms with Crippen molar-refractivity contribution in [3.63, 3.8) is 0 Å². The fourth-order valence-electron chi connectivity index (χ4n) is 1.04. The molecule has 1 aliphatic rings. The van der Waals surface area contributed by atoms with Crippen molar-refractivity contribution in [3.05, 3.63) is 0 Å². The van der Waals surface area contributed by atoms with Crippen molar-refractivity contribution < 1.29 is 8.76 Å². The van der Waals surface area contributed by atoms with Crippen LogP contribution in [0.3, 0.4) is 0 Å². The molecule has 2 N–H and O–H groups in total. The van der Waals surface area contributed by atoms with Gasteiger partial charge in [0.25, 0.3) is 0 Å². The minimum atomic E-state index is -2.42. The molecule has 0 aromatic heterocycles. The monoisotopic (exact) mass is 150 g/mol. The molecule has 0 aromatic rings. The average molecular weight is 150 g/mol. The summed E-state index contributed by atoms with van der Waals surface area (Å²) in [5.41, 5.74) is 0. The summed E-state index contributed by atoms with van der Waals surface area (Å²) in [6.45, 7) is 0. The van der Waals surface area contributed by atoms with Crippen LogP contribution in [-0.4, -0.2) is 29.1 Å². The van der Waals surface area contributed by atoms with Gasteiger partial charge in [0.1, 0.15) is 5.75 Å². The summed E-state index contributed by atoms with van der Waals surface area (Å²) >= 11 is 0. The molecule has 1 aliphatic heterocycles. The predicted molar refractivity (Wildman–Crippen MR) is 37.9 cm³/mol. The Bertz CT molecular complexity index is 148. The van der Waals surface area contributed by atoms with Gasteiger partial charge in [-0.1, -0.05) is 4.21 Å². The van der Waals surface area contributed by atoms with E-state index in [1.807, 2.05) is 7.05 Å². The fourth-order valence-corrected chi connectivity index (χ4v) is 2.82. The summed E-state index contributed by atoms with van der Waals surface area (Å²) in [6.07, 6.45) is 0.839. The van der Waals surface area contributed by atoms with Gasteiger partial charge in [0.05, 0.1) is 6.04 Å². The van der Waals surface area contributed by atoms with E-state index in [9.17, 15) is 4.21 Å². The minimum Gasteiger partial charge on any atom is -0.313 e. The average Bonchev–Trinajstić information content (AvgIpc) is 2.10. The number of hydrogen-bond acceptors (Lipinski definition) is 2. The van der Waals surface area contributed by atoms with Crippen LogP contribution in [-0.2, 0) is 14.4 Å². The van der Waals surface area contributed by atoms with Crippen LogP contribution in [0.4, 0.5) is 0 Å². The van der Waals surface area contributed by atoms with E-state index in [1.165, 1.54) is 0 Å². The normalized spacial score (nSPS) is 43.6. The van der Waals surface area contributed by atoms with Crippen LogP contribution in [0, 0.1) is 0 Å². The summed E-state index contributed by atoms with van der Waals surface area (Å²) in [5.74, 6) is 0.905. The molecule has 1 fully saturated rings. The molecule has 1 heterocycles. The Morgan fingerprint density at radius 1 is 1.78 bits per heavy atom. The fraction of sp³-hybridized carbons (Fsp3) is 1.00. The van der Waals surface area contributed by atoms with Gasteiger partial charge >= 0.3 is 0 Å². The van der Waals surface area contributed by atoms with Gasteiger partial charge in [-0.05, 0) is 7.05 Å². The van der Waals surface area contributed by atoms with E-state index in [0.717, 1.165) is 6.42 Å². The van der Waals surface area contributed by atoms with Crippen LogP contribution in [0.1, 0.15) is 6.42 Å². The molecule has 54 valence electrons. The van der Waals surface area contributed by atoms with Crippen LogP contribution in [0.25, 0.3) is 0 Å². The molecule has 0 saturated carbocycles. The van der Waals surface area contributed by atoms with E-state index in [0.29, 0.717) is 11.5 Å². The van der Waals surface area contributed by atoms with Crippen LogP contribution in [0.5, 0.6) is 0 Å². The molecule has 9 heavy (non-hydrogen) atoms. The van der Waals surface area contributed by atoms with Crippen molar-refractivity contribution in [2.45, 2.75) is 12.5 Å². The van der Waals surface area contributed by atoms with Crippen LogP contribution < -0.4 is 5.32 Å². The highest BCUT2D eigenvalue weighted by atomic mass is 32.3. The zero-order valence-corrected chi connectivity index (χ0v) is 6.28. The third kappa shape index (κ3) is 1.74. The number of rotatable bonds is 1. The molecule has 4 heteroatoms. The maximum atomic E-state index is 10.9. The molecule has 2 atom stereocenters. The largest absolute Gasteiger partial charge is 0.313 e. The minimum absolute atomic E-state index is 0.266. The van der Waals surface area contributed by atoms with Crippen molar-refractivity contribution in [3.8, 4) is 0 Å². The second kappa shape index (κ2) is 2.36.